The van der Waals surface area contributed by atoms with Crippen molar-refractivity contribution in [2.45, 2.75) is 24.8 Å². The number of anilines is 1. The molecule has 4 aromatic carbocycles. The molecule has 1 N–H and O–H groups in total. The first-order chi connectivity index (χ1) is 18.2. The number of hydrogen-bond donors (Lipinski definition) is 1. The molecule has 0 heterocycles. The Bertz CT molecular complexity index is 1510. The summed E-state index contributed by atoms with van der Waals surface area (Å²) in [6.07, 6.45) is 0. The van der Waals surface area contributed by atoms with Crippen LogP contribution in [0.2, 0.25) is 0 Å². The van der Waals surface area contributed by atoms with E-state index in [0.717, 1.165) is 26.6 Å². The first-order valence-electron chi connectivity index (χ1n) is 12.0. The summed E-state index contributed by atoms with van der Waals surface area (Å²) in [5.74, 6) is 0.0727. The molecular formula is C30H29BrN2O4S. The molecule has 1 amide bonds. The Morgan fingerprint density at radius 1 is 0.868 bits per heavy atom. The van der Waals surface area contributed by atoms with Gasteiger partial charge >= 0.3 is 0 Å². The molecule has 0 saturated heterocycles. The number of aryl methyl sites for hydroxylation is 2. The van der Waals surface area contributed by atoms with Crippen LogP contribution in [0.5, 0.6) is 5.75 Å². The monoisotopic (exact) mass is 592 g/mol. The van der Waals surface area contributed by atoms with Crippen molar-refractivity contribution in [1.82, 2.24) is 5.32 Å². The highest BCUT2D eigenvalue weighted by molar-refractivity contribution is 9.10. The molecule has 38 heavy (non-hydrogen) atoms. The van der Waals surface area contributed by atoms with Crippen molar-refractivity contribution >= 4 is 37.5 Å². The molecule has 0 unspecified atom stereocenters. The van der Waals surface area contributed by atoms with Crippen LogP contribution in [0.1, 0.15) is 28.3 Å². The number of hydrogen-bond acceptors (Lipinski definition) is 4. The minimum atomic E-state index is -4.09. The largest absolute Gasteiger partial charge is 0.496 e. The number of carbonyl (C=O) groups excluding carboxylic acids is 1. The van der Waals surface area contributed by atoms with Crippen LogP contribution < -0.4 is 14.4 Å². The zero-order chi connectivity index (χ0) is 27.3. The number of amides is 1. The minimum absolute atomic E-state index is 0.0386. The summed E-state index contributed by atoms with van der Waals surface area (Å²) in [5, 5.41) is 3.06. The number of methoxy groups -OCH3 is 1. The SMILES string of the molecule is COc1ccc(S(=O)(=O)N(CC(=O)N[C@@H](c2ccccc2)c2ccc(C)cc2)c2ccc(C)cc2)cc1Br. The Balaban J connectivity index is 1.69. The van der Waals surface area contributed by atoms with Crippen molar-refractivity contribution in [1.29, 1.82) is 0 Å². The van der Waals surface area contributed by atoms with Gasteiger partial charge in [-0.15, -0.1) is 0 Å². The summed E-state index contributed by atoms with van der Waals surface area (Å²) >= 11 is 3.37. The second-order valence-corrected chi connectivity index (χ2v) is 11.7. The molecule has 0 aromatic heterocycles. The normalized spacial score (nSPS) is 12.0. The van der Waals surface area contributed by atoms with E-state index in [0.29, 0.717) is 15.9 Å². The summed E-state index contributed by atoms with van der Waals surface area (Å²) in [4.78, 5) is 13.6. The maximum Gasteiger partial charge on any atom is 0.264 e. The van der Waals surface area contributed by atoms with Crippen molar-refractivity contribution in [3.63, 3.8) is 0 Å². The Labute approximate surface area is 232 Å². The molecule has 196 valence electrons. The molecule has 8 heteroatoms. The minimum Gasteiger partial charge on any atom is -0.496 e. The molecule has 0 aliphatic rings. The van der Waals surface area contributed by atoms with Gasteiger partial charge in [-0.05, 0) is 71.2 Å². The van der Waals surface area contributed by atoms with Gasteiger partial charge in [0.2, 0.25) is 5.91 Å². The molecule has 4 rings (SSSR count). The van der Waals surface area contributed by atoms with Crippen molar-refractivity contribution in [3.8, 4) is 5.75 Å². The van der Waals surface area contributed by atoms with Gasteiger partial charge < -0.3 is 10.1 Å². The molecule has 0 aliphatic carbocycles. The zero-order valence-corrected chi connectivity index (χ0v) is 23.8. The fraction of sp³-hybridized carbons (Fsp3) is 0.167. The van der Waals surface area contributed by atoms with E-state index in [1.165, 1.54) is 19.2 Å². The van der Waals surface area contributed by atoms with Crippen LogP contribution in [-0.2, 0) is 14.8 Å². The van der Waals surface area contributed by atoms with Crippen LogP contribution in [0, 0.1) is 13.8 Å². The van der Waals surface area contributed by atoms with E-state index in [2.05, 4.69) is 21.2 Å². The predicted octanol–water partition coefficient (Wildman–Crippen LogP) is 6.18. The Kier molecular flexibility index (Phi) is 8.54. The van der Waals surface area contributed by atoms with Gasteiger partial charge in [0.1, 0.15) is 12.3 Å². The Morgan fingerprint density at radius 3 is 2.03 bits per heavy atom. The van der Waals surface area contributed by atoms with Gasteiger partial charge in [-0.3, -0.25) is 9.10 Å². The third kappa shape index (κ3) is 6.26. The Morgan fingerprint density at radius 2 is 1.45 bits per heavy atom. The van der Waals surface area contributed by atoms with Crippen LogP contribution in [0.15, 0.2) is 106 Å². The number of carbonyl (C=O) groups is 1. The number of halogens is 1. The van der Waals surface area contributed by atoms with Crippen LogP contribution in [0.4, 0.5) is 5.69 Å². The van der Waals surface area contributed by atoms with E-state index in [1.807, 2.05) is 80.6 Å². The summed E-state index contributed by atoms with van der Waals surface area (Å²) < 4.78 is 34.6. The fourth-order valence-electron chi connectivity index (χ4n) is 4.06. The summed E-state index contributed by atoms with van der Waals surface area (Å²) in [6.45, 7) is 3.52. The van der Waals surface area contributed by atoms with Gasteiger partial charge in [0.05, 0.1) is 28.2 Å². The van der Waals surface area contributed by atoms with Gasteiger partial charge in [0.25, 0.3) is 10.0 Å². The highest BCUT2D eigenvalue weighted by atomic mass is 79.9. The van der Waals surface area contributed by atoms with E-state index in [4.69, 9.17) is 4.74 Å². The smallest absolute Gasteiger partial charge is 0.264 e. The van der Waals surface area contributed by atoms with Crippen LogP contribution >= 0.6 is 15.9 Å². The third-order valence-electron chi connectivity index (χ3n) is 6.17. The van der Waals surface area contributed by atoms with Crippen molar-refractivity contribution in [3.05, 3.63) is 124 Å². The zero-order valence-electron chi connectivity index (χ0n) is 21.4. The summed E-state index contributed by atoms with van der Waals surface area (Å²) in [7, 11) is -2.58. The lowest BCUT2D eigenvalue weighted by atomic mass is 9.98. The fourth-order valence-corrected chi connectivity index (χ4v) is 6.20. The van der Waals surface area contributed by atoms with Gasteiger partial charge in [0.15, 0.2) is 0 Å². The summed E-state index contributed by atoms with van der Waals surface area (Å²) in [5.41, 5.74) is 4.28. The van der Waals surface area contributed by atoms with Gasteiger partial charge in [-0.25, -0.2) is 8.42 Å². The second kappa shape index (κ2) is 11.8. The number of rotatable bonds is 9. The number of nitrogens with zero attached hydrogens (tertiary/aromatic N) is 1. The van der Waals surface area contributed by atoms with E-state index >= 15 is 0 Å². The number of benzene rings is 4. The van der Waals surface area contributed by atoms with Gasteiger partial charge in [0, 0.05) is 0 Å². The van der Waals surface area contributed by atoms with Crippen LogP contribution in [0.25, 0.3) is 0 Å². The molecule has 0 spiro atoms. The first-order valence-corrected chi connectivity index (χ1v) is 14.3. The molecule has 1 atom stereocenters. The highest BCUT2D eigenvalue weighted by Gasteiger charge is 2.29. The van der Waals surface area contributed by atoms with Crippen molar-refractivity contribution in [2.75, 3.05) is 18.0 Å². The molecule has 0 aliphatic heterocycles. The maximum absolute atomic E-state index is 13.9. The highest BCUT2D eigenvalue weighted by Crippen LogP contribution is 2.31. The molecule has 6 nitrogen and oxygen atoms in total. The molecule has 0 saturated carbocycles. The lowest BCUT2D eigenvalue weighted by Crippen LogP contribution is -2.42. The quantitative estimate of drug-likeness (QED) is 0.252. The number of sulfonamides is 1. The topological polar surface area (TPSA) is 75.7 Å². The van der Waals surface area contributed by atoms with E-state index < -0.39 is 28.5 Å². The van der Waals surface area contributed by atoms with Crippen LogP contribution in [-0.4, -0.2) is 28.0 Å². The van der Waals surface area contributed by atoms with Gasteiger partial charge in [-0.1, -0.05) is 77.9 Å². The number of ether oxygens (including phenoxy) is 1. The van der Waals surface area contributed by atoms with Crippen LogP contribution in [0.3, 0.4) is 0 Å². The average molecular weight is 594 g/mol. The van der Waals surface area contributed by atoms with E-state index in [1.54, 1.807) is 18.2 Å². The lowest BCUT2D eigenvalue weighted by molar-refractivity contribution is -0.120. The first kappa shape index (κ1) is 27.4. The standard InChI is InChI=1S/C30H29BrN2O4S/c1-21-9-13-24(14-10-21)30(23-7-5-4-6-8-23)32-29(34)20-33(25-15-11-22(2)12-16-25)38(35,36)26-17-18-28(37-3)27(31)19-26/h4-19,30H,20H2,1-3H3,(H,32,34)/t30-/m0/s1. The van der Waals surface area contributed by atoms with Crippen molar-refractivity contribution < 1.29 is 17.9 Å². The van der Waals surface area contributed by atoms with E-state index in [9.17, 15) is 13.2 Å². The third-order valence-corrected chi connectivity index (χ3v) is 8.56. The van der Waals surface area contributed by atoms with Crippen molar-refractivity contribution in [2.24, 2.45) is 0 Å². The molecular weight excluding hydrogens is 564 g/mol. The lowest BCUT2D eigenvalue weighted by Gasteiger charge is -2.26. The average Bonchev–Trinajstić information content (AvgIpc) is 2.92. The maximum atomic E-state index is 13.9. The second-order valence-electron chi connectivity index (χ2n) is 8.97. The molecule has 4 aromatic rings. The molecule has 0 fully saturated rings. The number of nitrogens with one attached hydrogen (secondary N) is 1. The molecule has 0 radical (unpaired) electrons. The predicted molar refractivity (Wildman–Crippen MR) is 154 cm³/mol. The van der Waals surface area contributed by atoms with E-state index in [-0.39, 0.29) is 4.90 Å². The van der Waals surface area contributed by atoms with Gasteiger partial charge in [-0.2, -0.15) is 0 Å². The Hall–Kier alpha value is -3.62. The molecule has 0 bridgehead atoms. The summed E-state index contributed by atoms with van der Waals surface area (Å²) in [6, 6.07) is 28.6.